The Bertz CT molecular complexity index is 729. The van der Waals surface area contributed by atoms with Crippen LogP contribution < -0.4 is 0 Å². The summed E-state index contributed by atoms with van der Waals surface area (Å²) in [4.78, 5) is 24.2. The largest absolute Gasteiger partial charge is 0.450 e. The van der Waals surface area contributed by atoms with Crippen LogP contribution in [0.15, 0.2) is 29.8 Å². The van der Waals surface area contributed by atoms with Crippen molar-refractivity contribution in [3.05, 3.63) is 46.2 Å². The van der Waals surface area contributed by atoms with Gasteiger partial charge in [-0.05, 0) is 26.0 Å². The number of rotatable bonds is 3. The summed E-state index contributed by atoms with van der Waals surface area (Å²) in [6.45, 7) is 3.59. The van der Waals surface area contributed by atoms with E-state index in [0.29, 0.717) is 16.4 Å². The summed E-state index contributed by atoms with van der Waals surface area (Å²) < 4.78 is 5.43. The van der Waals surface area contributed by atoms with Crippen molar-refractivity contribution in [2.24, 2.45) is 0 Å². The number of fused-ring (bicyclic) bond motifs is 1. The molecule has 2 heterocycles. The number of thiazole rings is 1. The fourth-order valence-corrected chi connectivity index (χ4v) is 2.62. The van der Waals surface area contributed by atoms with Gasteiger partial charge in [0.15, 0.2) is 6.10 Å². The zero-order chi connectivity index (χ0) is 14.1. The fraction of sp³-hybridized carbons (Fsp3) is 0.214. The van der Waals surface area contributed by atoms with E-state index >= 15 is 0 Å². The van der Waals surface area contributed by atoms with Crippen molar-refractivity contribution in [3.63, 3.8) is 0 Å². The van der Waals surface area contributed by atoms with Gasteiger partial charge in [-0.25, -0.2) is 14.8 Å². The number of ether oxygens (including phenoxy) is 1. The van der Waals surface area contributed by atoms with E-state index in [1.54, 1.807) is 19.4 Å². The number of H-pyrrole nitrogens is 1. The molecule has 0 fully saturated rings. The highest BCUT2D eigenvalue weighted by molar-refractivity contribution is 7.11. The summed E-state index contributed by atoms with van der Waals surface area (Å²) in [5, 5.41) is 0. The third kappa shape index (κ3) is 2.30. The topological polar surface area (TPSA) is 67.9 Å². The summed E-state index contributed by atoms with van der Waals surface area (Å²) in [6.07, 6.45) is -0.434. The molecule has 0 amide bonds. The van der Waals surface area contributed by atoms with Gasteiger partial charge in [-0.3, -0.25) is 0 Å². The summed E-state index contributed by atoms with van der Waals surface area (Å²) in [5.41, 5.74) is 4.12. The highest BCUT2D eigenvalue weighted by atomic mass is 32.1. The van der Waals surface area contributed by atoms with Crippen molar-refractivity contribution in [1.82, 2.24) is 15.0 Å². The second-order valence-electron chi connectivity index (χ2n) is 4.45. The molecule has 0 aliphatic heterocycles. The van der Waals surface area contributed by atoms with E-state index < -0.39 is 6.10 Å². The maximum absolute atomic E-state index is 12.0. The van der Waals surface area contributed by atoms with Gasteiger partial charge < -0.3 is 9.72 Å². The Morgan fingerprint density at radius 1 is 1.40 bits per heavy atom. The highest BCUT2D eigenvalue weighted by Crippen LogP contribution is 2.21. The van der Waals surface area contributed by atoms with E-state index in [9.17, 15) is 4.79 Å². The van der Waals surface area contributed by atoms with Crippen LogP contribution in [0, 0.1) is 6.92 Å². The number of hydrogen-bond acceptors (Lipinski definition) is 5. The average Bonchev–Trinajstić information content (AvgIpc) is 3.04. The Hall–Kier alpha value is -2.21. The Balaban J connectivity index is 1.80. The third-order valence-corrected chi connectivity index (χ3v) is 3.92. The predicted molar refractivity (Wildman–Crippen MR) is 76.8 cm³/mol. The molecular formula is C14H13N3O2S. The monoisotopic (exact) mass is 287 g/mol. The van der Waals surface area contributed by atoms with Gasteiger partial charge in [0.1, 0.15) is 10.7 Å². The first-order valence-electron chi connectivity index (χ1n) is 6.21. The van der Waals surface area contributed by atoms with Gasteiger partial charge in [-0.1, -0.05) is 12.1 Å². The molecule has 0 aliphatic carbocycles. The summed E-state index contributed by atoms with van der Waals surface area (Å²) >= 11 is 1.28. The van der Waals surface area contributed by atoms with Gasteiger partial charge in [-0.2, -0.15) is 0 Å². The molecule has 1 N–H and O–H groups in total. The van der Waals surface area contributed by atoms with E-state index in [0.717, 1.165) is 11.0 Å². The molecule has 0 bridgehead atoms. The molecule has 0 radical (unpaired) electrons. The van der Waals surface area contributed by atoms with Gasteiger partial charge >= 0.3 is 5.97 Å². The van der Waals surface area contributed by atoms with Crippen LogP contribution in [-0.4, -0.2) is 20.9 Å². The molecule has 2 aromatic heterocycles. The minimum atomic E-state index is -0.434. The van der Waals surface area contributed by atoms with Crippen molar-refractivity contribution in [2.45, 2.75) is 20.0 Å². The molecule has 6 heteroatoms. The number of carbonyl (C=O) groups is 1. The van der Waals surface area contributed by atoms with Gasteiger partial charge in [0.05, 0.1) is 22.2 Å². The van der Waals surface area contributed by atoms with Gasteiger partial charge in [0.2, 0.25) is 0 Å². The number of esters is 1. The lowest BCUT2D eigenvalue weighted by Crippen LogP contribution is -2.10. The van der Waals surface area contributed by atoms with E-state index in [-0.39, 0.29) is 5.97 Å². The van der Waals surface area contributed by atoms with Crippen LogP contribution in [0.2, 0.25) is 0 Å². The fourth-order valence-electron chi connectivity index (χ4n) is 1.93. The van der Waals surface area contributed by atoms with Crippen LogP contribution in [0.5, 0.6) is 0 Å². The van der Waals surface area contributed by atoms with Crippen LogP contribution in [0.4, 0.5) is 0 Å². The smallest absolute Gasteiger partial charge is 0.350 e. The second-order valence-corrected chi connectivity index (χ2v) is 5.31. The number of aromatic amines is 1. The number of benzene rings is 1. The number of hydrogen-bond donors (Lipinski definition) is 1. The Morgan fingerprint density at radius 2 is 2.20 bits per heavy atom. The normalized spacial score (nSPS) is 12.5. The summed E-state index contributed by atoms with van der Waals surface area (Å²) in [5.74, 6) is 0.277. The molecule has 0 spiro atoms. The maximum atomic E-state index is 12.0. The SMILES string of the molecule is Cc1ncsc1C(=O)O[C@@H](C)c1nc2ccccc2[nH]1. The number of carbonyl (C=O) groups excluding carboxylic acids is 1. The van der Waals surface area contributed by atoms with Gasteiger partial charge in [0.25, 0.3) is 0 Å². The van der Waals surface area contributed by atoms with Crippen molar-refractivity contribution < 1.29 is 9.53 Å². The van der Waals surface area contributed by atoms with Crippen LogP contribution in [-0.2, 0) is 4.74 Å². The number of aromatic nitrogens is 3. The van der Waals surface area contributed by atoms with Crippen molar-refractivity contribution in [3.8, 4) is 0 Å². The number of nitrogens with zero attached hydrogens (tertiary/aromatic N) is 2. The Kier molecular flexibility index (Phi) is 3.23. The van der Waals surface area contributed by atoms with Gasteiger partial charge in [0, 0.05) is 0 Å². The Labute approximate surface area is 119 Å². The molecular weight excluding hydrogens is 274 g/mol. The van der Waals surface area contributed by atoms with E-state index in [4.69, 9.17) is 4.74 Å². The van der Waals surface area contributed by atoms with Crippen molar-refractivity contribution >= 4 is 28.3 Å². The number of aryl methyl sites for hydroxylation is 1. The summed E-state index contributed by atoms with van der Waals surface area (Å²) in [6, 6.07) is 7.71. The number of nitrogens with one attached hydrogen (secondary N) is 1. The molecule has 1 aromatic carbocycles. The van der Waals surface area contributed by atoms with Crippen LogP contribution >= 0.6 is 11.3 Å². The molecule has 1 atom stereocenters. The molecule has 0 unspecified atom stereocenters. The minimum absolute atomic E-state index is 0.363. The first kappa shape index (κ1) is 12.8. The number of para-hydroxylation sites is 2. The van der Waals surface area contributed by atoms with E-state index in [2.05, 4.69) is 15.0 Å². The standard InChI is InChI=1S/C14H13N3O2S/c1-8-12(20-7-15-8)14(18)19-9(2)13-16-10-5-3-4-6-11(10)17-13/h3-7,9H,1-2H3,(H,16,17)/t9-/m0/s1. The first-order chi connectivity index (χ1) is 9.65. The lowest BCUT2D eigenvalue weighted by atomic mass is 10.3. The molecule has 3 rings (SSSR count). The predicted octanol–water partition coefficient (Wildman–Crippen LogP) is 3.25. The Morgan fingerprint density at radius 3 is 2.90 bits per heavy atom. The number of imidazole rings is 1. The molecule has 3 aromatic rings. The summed E-state index contributed by atoms with van der Waals surface area (Å²) in [7, 11) is 0. The lowest BCUT2D eigenvalue weighted by Gasteiger charge is -2.09. The molecule has 0 aliphatic rings. The quantitative estimate of drug-likeness (QED) is 0.751. The minimum Gasteiger partial charge on any atom is -0.450 e. The maximum Gasteiger partial charge on any atom is 0.350 e. The van der Waals surface area contributed by atoms with Crippen molar-refractivity contribution in [2.75, 3.05) is 0 Å². The highest BCUT2D eigenvalue weighted by Gasteiger charge is 2.19. The second kappa shape index (κ2) is 5.05. The lowest BCUT2D eigenvalue weighted by molar-refractivity contribution is 0.0327. The van der Waals surface area contributed by atoms with Crippen LogP contribution in [0.25, 0.3) is 11.0 Å². The average molecular weight is 287 g/mol. The van der Waals surface area contributed by atoms with E-state index in [1.807, 2.05) is 24.3 Å². The molecule has 0 saturated heterocycles. The molecule has 0 saturated carbocycles. The van der Waals surface area contributed by atoms with E-state index in [1.165, 1.54) is 11.3 Å². The molecule has 102 valence electrons. The molecule has 5 nitrogen and oxygen atoms in total. The molecule has 20 heavy (non-hydrogen) atoms. The van der Waals surface area contributed by atoms with Crippen LogP contribution in [0.1, 0.15) is 34.2 Å². The zero-order valence-electron chi connectivity index (χ0n) is 11.1. The van der Waals surface area contributed by atoms with Crippen LogP contribution in [0.3, 0.4) is 0 Å². The zero-order valence-corrected chi connectivity index (χ0v) is 11.9. The third-order valence-electron chi connectivity index (χ3n) is 3.01. The van der Waals surface area contributed by atoms with Crippen molar-refractivity contribution in [1.29, 1.82) is 0 Å². The first-order valence-corrected chi connectivity index (χ1v) is 7.09. The van der Waals surface area contributed by atoms with Gasteiger partial charge in [-0.15, -0.1) is 11.3 Å².